The molecule has 3 aliphatic heterocycles. The van der Waals surface area contributed by atoms with Gasteiger partial charge in [0.05, 0.1) is 13.2 Å². The minimum Gasteiger partial charge on any atom is -0.381 e. The predicted molar refractivity (Wildman–Crippen MR) is 125 cm³/mol. The highest BCUT2D eigenvalue weighted by atomic mass is 127. The summed E-state index contributed by atoms with van der Waals surface area (Å²) in [6.45, 7) is 12.4. The van der Waals surface area contributed by atoms with Gasteiger partial charge in [-0.05, 0) is 30.9 Å². The number of thioether (sulfide) groups is 1. The highest BCUT2D eigenvalue weighted by Gasteiger charge is 2.34. The second-order valence-corrected chi connectivity index (χ2v) is 9.37. The molecule has 1 atom stereocenters. The van der Waals surface area contributed by atoms with Crippen molar-refractivity contribution in [3.05, 3.63) is 0 Å². The van der Waals surface area contributed by atoms with E-state index in [0.717, 1.165) is 89.6 Å². The lowest BCUT2D eigenvalue weighted by Crippen LogP contribution is -2.49. The Morgan fingerprint density at radius 1 is 1.15 bits per heavy atom. The summed E-state index contributed by atoms with van der Waals surface area (Å²) in [5, 5.41) is 3.70. The molecule has 8 heteroatoms. The predicted octanol–water partition coefficient (Wildman–Crippen LogP) is 2.14. The Hall–Kier alpha value is 0.230. The molecule has 158 valence electrons. The van der Waals surface area contributed by atoms with Crippen molar-refractivity contribution < 1.29 is 9.47 Å². The topological polar surface area (TPSA) is 49.3 Å². The second-order valence-electron chi connectivity index (χ2n) is 7.64. The van der Waals surface area contributed by atoms with E-state index in [1.165, 1.54) is 13.0 Å². The molecule has 6 nitrogen and oxygen atoms in total. The normalized spacial score (nSPS) is 26.7. The van der Waals surface area contributed by atoms with E-state index in [1.807, 2.05) is 7.05 Å². The van der Waals surface area contributed by atoms with Crippen molar-refractivity contribution >= 4 is 41.7 Å². The summed E-state index contributed by atoms with van der Waals surface area (Å²) in [5.41, 5.74) is 0. The van der Waals surface area contributed by atoms with Crippen LogP contribution < -0.4 is 5.32 Å². The molecule has 1 N–H and O–H groups in total. The standard InChI is InChI=1S/C19H36N4O2S.HI/c1-3-26-19(5-10-24-11-6-19)16-21-18(20-2)23-7-4-17(15-23)14-22-8-12-25-13-9-22;/h17H,3-16H2,1-2H3,(H,20,21);1H. The van der Waals surface area contributed by atoms with Crippen LogP contribution in [-0.2, 0) is 9.47 Å². The molecule has 0 aromatic heterocycles. The summed E-state index contributed by atoms with van der Waals surface area (Å²) in [6.07, 6.45) is 3.53. The molecule has 0 radical (unpaired) electrons. The zero-order chi connectivity index (χ0) is 18.2. The van der Waals surface area contributed by atoms with Gasteiger partial charge in [0.15, 0.2) is 5.96 Å². The van der Waals surface area contributed by atoms with Crippen LogP contribution in [0.25, 0.3) is 0 Å². The molecule has 27 heavy (non-hydrogen) atoms. The number of hydrogen-bond acceptors (Lipinski definition) is 5. The molecule has 0 spiro atoms. The van der Waals surface area contributed by atoms with Gasteiger partial charge in [0.2, 0.25) is 0 Å². The molecule has 0 aromatic rings. The largest absolute Gasteiger partial charge is 0.381 e. The smallest absolute Gasteiger partial charge is 0.193 e. The van der Waals surface area contributed by atoms with Crippen LogP contribution in [0.2, 0.25) is 0 Å². The van der Waals surface area contributed by atoms with Gasteiger partial charge < -0.3 is 19.7 Å². The lowest BCUT2D eigenvalue weighted by molar-refractivity contribution is 0.0315. The van der Waals surface area contributed by atoms with Gasteiger partial charge in [-0.1, -0.05) is 6.92 Å². The number of rotatable bonds is 6. The summed E-state index contributed by atoms with van der Waals surface area (Å²) in [7, 11) is 1.92. The van der Waals surface area contributed by atoms with Gasteiger partial charge in [-0.2, -0.15) is 11.8 Å². The molecule has 0 aromatic carbocycles. The van der Waals surface area contributed by atoms with Gasteiger partial charge in [-0.25, -0.2) is 0 Å². The fourth-order valence-corrected chi connectivity index (χ4v) is 5.56. The van der Waals surface area contributed by atoms with E-state index in [1.54, 1.807) is 0 Å². The van der Waals surface area contributed by atoms with Gasteiger partial charge in [0, 0.05) is 64.3 Å². The summed E-state index contributed by atoms with van der Waals surface area (Å²) < 4.78 is 11.4. The Kier molecular flexibility index (Phi) is 10.5. The van der Waals surface area contributed by atoms with Gasteiger partial charge in [0.1, 0.15) is 0 Å². The lowest BCUT2D eigenvalue weighted by Gasteiger charge is -2.37. The maximum Gasteiger partial charge on any atom is 0.193 e. The number of halogens is 1. The van der Waals surface area contributed by atoms with Gasteiger partial charge >= 0.3 is 0 Å². The maximum atomic E-state index is 5.59. The minimum atomic E-state index is 0. The molecule has 0 aliphatic carbocycles. The van der Waals surface area contributed by atoms with E-state index >= 15 is 0 Å². The molecule has 3 heterocycles. The van der Waals surface area contributed by atoms with Crippen LogP contribution >= 0.6 is 35.7 Å². The number of guanidine groups is 1. The van der Waals surface area contributed by atoms with Crippen LogP contribution in [-0.4, -0.2) is 99.0 Å². The number of nitrogens with one attached hydrogen (secondary N) is 1. The first-order valence-electron chi connectivity index (χ1n) is 10.2. The lowest BCUT2D eigenvalue weighted by atomic mass is 9.99. The molecular formula is C19H37IN4O2S. The van der Waals surface area contributed by atoms with Crippen molar-refractivity contribution in [3.63, 3.8) is 0 Å². The Morgan fingerprint density at radius 2 is 1.85 bits per heavy atom. The molecule has 3 rings (SSSR count). The summed E-state index contributed by atoms with van der Waals surface area (Å²) in [5.74, 6) is 2.98. The molecule has 3 saturated heterocycles. The van der Waals surface area contributed by atoms with Crippen molar-refractivity contribution in [3.8, 4) is 0 Å². The van der Waals surface area contributed by atoms with Crippen LogP contribution in [0.4, 0.5) is 0 Å². The third kappa shape index (κ3) is 6.90. The number of nitrogens with zero attached hydrogens (tertiary/aromatic N) is 3. The Morgan fingerprint density at radius 3 is 2.52 bits per heavy atom. The zero-order valence-electron chi connectivity index (χ0n) is 17.0. The molecule has 3 fully saturated rings. The Labute approximate surface area is 186 Å². The van der Waals surface area contributed by atoms with E-state index in [4.69, 9.17) is 9.47 Å². The first-order valence-corrected chi connectivity index (χ1v) is 11.2. The van der Waals surface area contributed by atoms with Gasteiger partial charge in [-0.3, -0.25) is 9.89 Å². The van der Waals surface area contributed by atoms with Crippen molar-refractivity contribution in [2.24, 2.45) is 10.9 Å². The molecular weight excluding hydrogens is 475 g/mol. The van der Waals surface area contributed by atoms with Crippen LogP contribution in [0, 0.1) is 5.92 Å². The average molecular weight is 513 g/mol. The van der Waals surface area contributed by atoms with Gasteiger partial charge in [0.25, 0.3) is 0 Å². The van der Waals surface area contributed by atoms with E-state index in [0.29, 0.717) is 4.75 Å². The van der Waals surface area contributed by atoms with Crippen LogP contribution in [0.3, 0.4) is 0 Å². The first-order chi connectivity index (χ1) is 12.7. The van der Waals surface area contributed by atoms with Crippen molar-refractivity contribution in [2.45, 2.75) is 30.9 Å². The Bertz CT molecular complexity index is 451. The fraction of sp³-hybridized carbons (Fsp3) is 0.947. The average Bonchev–Trinajstić information content (AvgIpc) is 3.12. The van der Waals surface area contributed by atoms with Crippen LogP contribution in [0.1, 0.15) is 26.2 Å². The molecule has 0 amide bonds. The SMILES string of the molecule is CCSC1(CNC(=NC)N2CCC(CN3CCOCC3)C2)CCOCC1.I. The monoisotopic (exact) mass is 512 g/mol. The van der Waals surface area contributed by atoms with E-state index < -0.39 is 0 Å². The first kappa shape index (κ1) is 23.5. The third-order valence-electron chi connectivity index (χ3n) is 5.84. The van der Waals surface area contributed by atoms with Crippen molar-refractivity contribution in [2.75, 3.05) is 78.5 Å². The number of morpholine rings is 1. The number of hydrogen-bond donors (Lipinski definition) is 1. The highest BCUT2D eigenvalue weighted by Crippen LogP contribution is 2.34. The molecule has 0 saturated carbocycles. The quantitative estimate of drug-likeness (QED) is 0.335. The van der Waals surface area contributed by atoms with Crippen LogP contribution in [0.5, 0.6) is 0 Å². The number of aliphatic imine (C=N–C) groups is 1. The van der Waals surface area contributed by atoms with Gasteiger partial charge in [-0.15, -0.1) is 24.0 Å². The molecule has 0 bridgehead atoms. The molecule has 1 unspecified atom stereocenters. The number of ether oxygens (including phenoxy) is 2. The molecule has 3 aliphatic rings. The maximum absolute atomic E-state index is 5.59. The summed E-state index contributed by atoms with van der Waals surface area (Å²) >= 11 is 2.08. The minimum absolute atomic E-state index is 0. The van der Waals surface area contributed by atoms with E-state index in [-0.39, 0.29) is 24.0 Å². The fourth-order valence-electron chi connectivity index (χ4n) is 4.32. The highest BCUT2D eigenvalue weighted by molar-refractivity contribution is 14.0. The van der Waals surface area contributed by atoms with Crippen molar-refractivity contribution in [1.82, 2.24) is 15.1 Å². The van der Waals surface area contributed by atoms with Crippen LogP contribution in [0.15, 0.2) is 4.99 Å². The number of likely N-dealkylation sites (tertiary alicyclic amines) is 1. The summed E-state index contributed by atoms with van der Waals surface area (Å²) in [6, 6.07) is 0. The summed E-state index contributed by atoms with van der Waals surface area (Å²) in [4.78, 5) is 9.60. The van der Waals surface area contributed by atoms with Crippen molar-refractivity contribution in [1.29, 1.82) is 0 Å². The van der Waals surface area contributed by atoms with E-state index in [2.05, 4.69) is 38.8 Å². The third-order valence-corrected chi connectivity index (χ3v) is 7.29. The van der Waals surface area contributed by atoms with E-state index in [9.17, 15) is 0 Å². The zero-order valence-corrected chi connectivity index (χ0v) is 20.1. The Balaban J connectivity index is 0.00000261. The second kappa shape index (κ2) is 12.0.